The van der Waals surface area contributed by atoms with Gasteiger partial charge >= 0.3 is 0 Å². The fraction of sp³-hybridized carbons (Fsp3) is 0.333. The Kier molecular flexibility index (Phi) is 3.71. The summed E-state index contributed by atoms with van der Waals surface area (Å²) in [5.74, 6) is 0. The Balaban J connectivity index is 2.89. The van der Waals surface area contributed by atoms with Crippen molar-refractivity contribution in [2.75, 3.05) is 7.05 Å². The van der Waals surface area contributed by atoms with Crippen LogP contribution < -0.4 is 5.32 Å². The summed E-state index contributed by atoms with van der Waals surface area (Å²) in [5, 5.41) is 3.17. The molecule has 0 atom stereocenters. The Labute approximate surface area is 80.5 Å². The zero-order valence-electron chi connectivity index (χ0n) is 8.43. The first-order valence-corrected chi connectivity index (χ1v) is 4.62. The van der Waals surface area contributed by atoms with Crippen molar-refractivity contribution in [3.05, 3.63) is 47.5 Å². The fourth-order valence-corrected chi connectivity index (χ4v) is 1.40. The van der Waals surface area contributed by atoms with Gasteiger partial charge in [0.15, 0.2) is 0 Å². The molecule has 1 aromatic carbocycles. The van der Waals surface area contributed by atoms with Crippen LogP contribution in [0.25, 0.3) is 0 Å². The molecule has 0 saturated carbocycles. The van der Waals surface area contributed by atoms with Gasteiger partial charge in [0.1, 0.15) is 0 Å². The lowest BCUT2D eigenvalue weighted by molar-refractivity contribution is 0.810. The third-order valence-corrected chi connectivity index (χ3v) is 2.16. The molecule has 0 aromatic heterocycles. The van der Waals surface area contributed by atoms with Crippen LogP contribution in [0.15, 0.2) is 30.9 Å². The molecule has 1 nitrogen and oxygen atoms in total. The zero-order valence-corrected chi connectivity index (χ0v) is 8.43. The summed E-state index contributed by atoms with van der Waals surface area (Å²) in [4.78, 5) is 0. The van der Waals surface area contributed by atoms with Gasteiger partial charge in [-0.15, -0.1) is 6.58 Å². The predicted molar refractivity (Wildman–Crippen MR) is 57.8 cm³/mol. The van der Waals surface area contributed by atoms with Crippen LogP contribution in [0.5, 0.6) is 0 Å². The second-order valence-electron chi connectivity index (χ2n) is 3.28. The van der Waals surface area contributed by atoms with E-state index in [9.17, 15) is 0 Å². The van der Waals surface area contributed by atoms with Crippen LogP contribution in [-0.4, -0.2) is 7.05 Å². The second-order valence-corrected chi connectivity index (χ2v) is 3.28. The Morgan fingerprint density at radius 1 is 1.46 bits per heavy atom. The molecular formula is C12H17N. The van der Waals surface area contributed by atoms with Crippen molar-refractivity contribution in [2.45, 2.75) is 19.9 Å². The van der Waals surface area contributed by atoms with E-state index in [1.54, 1.807) is 0 Å². The van der Waals surface area contributed by atoms with Crippen LogP contribution in [0, 0.1) is 6.92 Å². The van der Waals surface area contributed by atoms with E-state index >= 15 is 0 Å². The SMILES string of the molecule is C=CCc1ccc(C)c(CNC)c1. The van der Waals surface area contributed by atoms with Gasteiger partial charge in [0.25, 0.3) is 0 Å². The first-order valence-electron chi connectivity index (χ1n) is 4.62. The van der Waals surface area contributed by atoms with Gasteiger partial charge in [0.05, 0.1) is 0 Å². The summed E-state index contributed by atoms with van der Waals surface area (Å²) in [5.41, 5.74) is 4.06. The van der Waals surface area contributed by atoms with Gasteiger partial charge in [0, 0.05) is 6.54 Å². The highest BCUT2D eigenvalue weighted by Gasteiger charge is 1.97. The van der Waals surface area contributed by atoms with E-state index in [4.69, 9.17) is 0 Å². The van der Waals surface area contributed by atoms with E-state index in [0.29, 0.717) is 0 Å². The smallest absolute Gasteiger partial charge is 0.0205 e. The van der Waals surface area contributed by atoms with Crippen LogP contribution in [0.4, 0.5) is 0 Å². The molecule has 70 valence electrons. The Bertz CT molecular complexity index is 289. The molecule has 0 aliphatic carbocycles. The Morgan fingerprint density at radius 2 is 2.23 bits per heavy atom. The highest BCUT2D eigenvalue weighted by atomic mass is 14.8. The molecule has 1 heteroatoms. The summed E-state index contributed by atoms with van der Waals surface area (Å²) in [7, 11) is 1.97. The van der Waals surface area contributed by atoms with E-state index in [2.05, 4.69) is 37.0 Å². The monoisotopic (exact) mass is 175 g/mol. The number of hydrogen-bond donors (Lipinski definition) is 1. The van der Waals surface area contributed by atoms with Crippen LogP contribution >= 0.6 is 0 Å². The van der Waals surface area contributed by atoms with Crippen molar-refractivity contribution in [3.8, 4) is 0 Å². The van der Waals surface area contributed by atoms with E-state index in [-0.39, 0.29) is 0 Å². The van der Waals surface area contributed by atoms with E-state index in [0.717, 1.165) is 13.0 Å². The number of aryl methyl sites for hydroxylation is 1. The van der Waals surface area contributed by atoms with Crippen molar-refractivity contribution in [1.82, 2.24) is 5.32 Å². The van der Waals surface area contributed by atoms with Gasteiger partial charge in [0.2, 0.25) is 0 Å². The molecule has 1 aromatic rings. The first kappa shape index (κ1) is 10.0. The minimum absolute atomic E-state index is 0.941. The van der Waals surface area contributed by atoms with Crippen molar-refractivity contribution in [3.63, 3.8) is 0 Å². The quantitative estimate of drug-likeness (QED) is 0.693. The molecule has 0 heterocycles. The maximum absolute atomic E-state index is 3.74. The average molecular weight is 175 g/mol. The van der Waals surface area contributed by atoms with Crippen LogP contribution in [0.3, 0.4) is 0 Å². The van der Waals surface area contributed by atoms with Crippen LogP contribution in [0.1, 0.15) is 16.7 Å². The Morgan fingerprint density at radius 3 is 2.85 bits per heavy atom. The predicted octanol–water partition coefficient (Wildman–Crippen LogP) is 2.44. The third-order valence-electron chi connectivity index (χ3n) is 2.16. The molecule has 1 rings (SSSR count). The lowest BCUT2D eigenvalue weighted by atomic mass is 10.0. The fourth-order valence-electron chi connectivity index (χ4n) is 1.40. The van der Waals surface area contributed by atoms with Gasteiger partial charge in [-0.1, -0.05) is 24.3 Å². The first-order chi connectivity index (χ1) is 6.27. The van der Waals surface area contributed by atoms with Gasteiger partial charge in [-0.3, -0.25) is 0 Å². The number of benzene rings is 1. The third kappa shape index (κ3) is 2.71. The maximum atomic E-state index is 3.74. The second kappa shape index (κ2) is 4.83. The van der Waals surface area contributed by atoms with E-state index in [1.165, 1.54) is 16.7 Å². The number of rotatable bonds is 4. The molecule has 0 bridgehead atoms. The normalized spacial score (nSPS) is 10.0. The standard InChI is InChI=1S/C12H17N/c1-4-5-11-7-6-10(2)12(8-11)9-13-3/h4,6-8,13H,1,5,9H2,2-3H3. The molecular weight excluding hydrogens is 158 g/mol. The van der Waals surface area contributed by atoms with Crippen LogP contribution in [0.2, 0.25) is 0 Å². The molecule has 0 radical (unpaired) electrons. The molecule has 1 N–H and O–H groups in total. The lowest BCUT2D eigenvalue weighted by Crippen LogP contribution is -2.06. The number of nitrogens with one attached hydrogen (secondary N) is 1. The van der Waals surface area contributed by atoms with Crippen molar-refractivity contribution >= 4 is 0 Å². The molecule has 0 aliphatic heterocycles. The Hall–Kier alpha value is -1.08. The number of hydrogen-bond acceptors (Lipinski definition) is 1. The van der Waals surface area contributed by atoms with Crippen molar-refractivity contribution < 1.29 is 0 Å². The highest BCUT2D eigenvalue weighted by Crippen LogP contribution is 2.11. The van der Waals surface area contributed by atoms with Crippen molar-refractivity contribution in [2.24, 2.45) is 0 Å². The summed E-state index contributed by atoms with van der Waals surface area (Å²) in [6.45, 7) is 6.82. The van der Waals surface area contributed by atoms with Gasteiger partial charge in [-0.05, 0) is 37.1 Å². The molecule has 13 heavy (non-hydrogen) atoms. The highest BCUT2D eigenvalue weighted by molar-refractivity contribution is 5.31. The molecule has 0 spiro atoms. The van der Waals surface area contributed by atoms with Gasteiger partial charge < -0.3 is 5.32 Å². The minimum atomic E-state index is 0.941. The lowest BCUT2D eigenvalue weighted by Gasteiger charge is -2.06. The summed E-state index contributed by atoms with van der Waals surface area (Å²) >= 11 is 0. The molecule has 0 amide bonds. The topological polar surface area (TPSA) is 12.0 Å². The van der Waals surface area contributed by atoms with Crippen LogP contribution in [-0.2, 0) is 13.0 Å². The average Bonchev–Trinajstić information content (AvgIpc) is 2.12. The van der Waals surface area contributed by atoms with Crippen molar-refractivity contribution in [1.29, 1.82) is 0 Å². The van der Waals surface area contributed by atoms with Gasteiger partial charge in [-0.25, -0.2) is 0 Å². The molecule has 0 unspecified atom stereocenters. The summed E-state index contributed by atoms with van der Waals surface area (Å²) < 4.78 is 0. The summed E-state index contributed by atoms with van der Waals surface area (Å²) in [6.07, 6.45) is 2.89. The maximum Gasteiger partial charge on any atom is 0.0205 e. The zero-order chi connectivity index (χ0) is 9.68. The van der Waals surface area contributed by atoms with Gasteiger partial charge in [-0.2, -0.15) is 0 Å². The number of allylic oxidation sites excluding steroid dienone is 1. The van der Waals surface area contributed by atoms with E-state index < -0.39 is 0 Å². The summed E-state index contributed by atoms with van der Waals surface area (Å²) in [6, 6.07) is 6.58. The minimum Gasteiger partial charge on any atom is -0.316 e. The van der Waals surface area contributed by atoms with E-state index in [1.807, 2.05) is 13.1 Å². The molecule has 0 saturated heterocycles. The largest absolute Gasteiger partial charge is 0.316 e. The molecule has 0 aliphatic rings. The molecule has 0 fully saturated rings.